The normalized spacial score (nSPS) is 11.6. The lowest BCUT2D eigenvalue weighted by atomic mass is 9.90. The van der Waals surface area contributed by atoms with Gasteiger partial charge in [-0.1, -0.05) is 170 Å². The molecule has 260 valence electrons. The molecule has 0 saturated carbocycles. The molecule has 9 aromatic carbocycles. The molecule has 11 aromatic rings. The second-order valence-electron chi connectivity index (χ2n) is 14.6. The van der Waals surface area contributed by atoms with Gasteiger partial charge in [-0.3, -0.25) is 0 Å². The summed E-state index contributed by atoms with van der Waals surface area (Å²) in [7, 11) is 0. The molecular weight excluding hydrogens is 677 g/mol. The highest BCUT2D eigenvalue weighted by Crippen LogP contribution is 2.42. The molecule has 2 heterocycles. The number of pyridine rings is 2. The van der Waals surface area contributed by atoms with Gasteiger partial charge in [0.15, 0.2) is 0 Å². The highest BCUT2D eigenvalue weighted by Gasteiger charge is 2.17. The molecule has 0 aliphatic carbocycles. The maximum atomic E-state index is 5.49. The van der Waals surface area contributed by atoms with E-state index >= 15 is 0 Å². The van der Waals surface area contributed by atoms with Crippen LogP contribution in [-0.2, 0) is 0 Å². The highest BCUT2D eigenvalue weighted by molar-refractivity contribution is 6.17. The van der Waals surface area contributed by atoms with Gasteiger partial charge in [-0.05, 0) is 96.7 Å². The monoisotopic (exact) mass is 710 g/mol. The third kappa shape index (κ3) is 5.51. The summed E-state index contributed by atoms with van der Waals surface area (Å²) in [5, 5.41) is 9.53. The Morgan fingerprint density at radius 2 is 0.714 bits per heavy atom. The second-order valence-corrected chi connectivity index (χ2v) is 14.6. The van der Waals surface area contributed by atoms with Crippen LogP contribution < -0.4 is 0 Å². The summed E-state index contributed by atoms with van der Waals surface area (Å²) in [5.74, 6) is 0. The fraction of sp³-hybridized carbons (Fsp3) is 0. The van der Waals surface area contributed by atoms with Crippen molar-refractivity contribution in [1.82, 2.24) is 9.97 Å². The van der Waals surface area contributed by atoms with Crippen molar-refractivity contribution in [2.24, 2.45) is 0 Å². The fourth-order valence-corrected chi connectivity index (χ4v) is 8.38. The van der Waals surface area contributed by atoms with Gasteiger partial charge in [-0.25, -0.2) is 9.97 Å². The number of fused-ring (bicyclic) bond motifs is 6. The molecule has 0 unspecified atom stereocenters. The van der Waals surface area contributed by atoms with Crippen molar-refractivity contribution in [2.45, 2.75) is 0 Å². The Bertz CT molecular complexity index is 3290. The molecule has 56 heavy (non-hydrogen) atoms. The molecule has 0 atom stereocenters. The number of aromatic nitrogens is 2. The van der Waals surface area contributed by atoms with E-state index in [-0.39, 0.29) is 0 Å². The first-order valence-electron chi connectivity index (χ1n) is 19.1. The Morgan fingerprint density at radius 1 is 0.250 bits per heavy atom. The molecule has 0 radical (unpaired) electrons. The predicted octanol–water partition coefficient (Wildman–Crippen LogP) is 14.6. The van der Waals surface area contributed by atoms with Gasteiger partial charge in [-0.2, -0.15) is 0 Å². The summed E-state index contributed by atoms with van der Waals surface area (Å²) in [4.78, 5) is 10.6. The second kappa shape index (κ2) is 13.2. The number of nitrogens with zero attached hydrogens (tertiary/aromatic N) is 2. The van der Waals surface area contributed by atoms with Crippen LogP contribution in [0.15, 0.2) is 206 Å². The minimum absolute atomic E-state index is 0.937. The van der Waals surface area contributed by atoms with E-state index in [4.69, 9.17) is 9.97 Å². The summed E-state index contributed by atoms with van der Waals surface area (Å²) in [6.07, 6.45) is 0. The number of benzene rings is 9. The van der Waals surface area contributed by atoms with Gasteiger partial charge in [0, 0.05) is 27.3 Å². The fourth-order valence-electron chi connectivity index (χ4n) is 8.38. The van der Waals surface area contributed by atoms with Crippen molar-refractivity contribution in [3.8, 4) is 55.9 Å². The lowest BCUT2D eigenvalue weighted by Gasteiger charge is -2.16. The Balaban J connectivity index is 1.10. The quantitative estimate of drug-likeness (QED) is 0.166. The predicted molar refractivity (Wildman–Crippen MR) is 237 cm³/mol. The molecule has 0 aliphatic rings. The number of para-hydroxylation sites is 1. The van der Waals surface area contributed by atoms with Crippen LogP contribution in [0.2, 0.25) is 0 Å². The van der Waals surface area contributed by atoms with E-state index in [1.807, 2.05) is 0 Å². The molecular formula is C54H34N2. The van der Waals surface area contributed by atoms with E-state index in [1.165, 1.54) is 54.7 Å². The molecule has 2 nitrogen and oxygen atoms in total. The zero-order chi connectivity index (χ0) is 37.0. The Labute approximate surface area is 325 Å². The molecule has 0 fully saturated rings. The zero-order valence-electron chi connectivity index (χ0n) is 30.5. The SMILES string of the molecule is c1ccc(-c2cc(-c3ccc(-c4cc(-c5ccc6ccccc6c5)c5cc(-c6ccc7ccccc7c6)c6ccccc6c5n4)cc3)nc3ccccc23)cc1. The van der Waals surface area contributed by atoms with Crippen molar-refractivity contribution in [2.75, 3.05) is 0 Å². The van der Waals surface area contributed by atoms with Gasteiger partial charge < -0.3 is 0 Å². The van der Waals surface area contributed by atoms with Crippen LogP contribution in [-0.4, -0.2) is 9.97 Å². The first-order valence-corrected chi connectivity index (χ1v) is 19.1. The van der Waals surface area contributed by atoms with E-state index < -0.39 is 0 Å². The molecule has 2 aromatic heterocycles. The molecule has 0 saturated heterocycles. The summed E-state index contributed by atoms with van der Waals surface area (Å²) in [5.41, 5.74) is 13.1. The van der Waals surface area contributed by atoms with Crippen LogP contribution in [0.4, 0.5) is 0 Å². The van der Waals surface area contributed by atoms with Gasteiger partial charge in [0.25, 0.3) is 0 Å². The molecule has 0 amide bonds. The molecule has 0 N–H and O–H groups in total. The van der Waals surface area contributed by atoms with Gasteiger partial charge >= 0.3 is 0 Å². The van der Waals surface area contributed by atoms with Crippen LogP contribution >= 0.6 is 0 Å². The van der Waals surface area contributed by atoms with Crippen LogP contribution in [0.1, 0.15) is 0 Å². The van der Waals surface area contributed by atoms with Crippen LogP contribution in [0.3, 0.4) is 0 Å². The Morgan fingerprint density at radius 3 is 1.36 bits per heavy atom. The number of rotatable bonds is 5. The third-order valence-corrected chi connectivity index (χ3v) is 11.2. The zero-order valence-corrected chi connectivity index (χ0v) is 30.5. The maximum Gasteiger partial charge on any atom is 0.0794 e. The Kier molecular flexibility index (Phi) is 7.53. The standard InChI is InChI=1S/C54H34N2/c1-2-14-37(15-3-1)48-33-52(55-51-21-11-10-19-45(48)51)38-24-26-39(27-25-38)53-34-49(43-29-23-36-13-5-7-17-41(36)31-43)50-32-47(44-18-8-9-20-46(44)54(50)56-53)42-28-22-35-12-4-6-16-40(35)30-42/h1-34H. The number of hydrogen-bond donors (Lipinski definition) is 0. The van der Waals surface area contributed by atoms with E-state index in [2.05, 4.69) is 206 Å². The van der Waals surface area contributed by atoms with Crippen molar-refractivity contribution >= 4 is 54.1 Å². The van der Waals surface area contributed by atoms with E-state index in [0.717, 1.165) is 55.3 Å². The molecule has 2 heteroatoms. The molecule has 0 bridgehead atoms. The summed E-state index contributed by atoms with van der Waals surface area (Å²) < 4.78 is 0. The van der Waals surface area contributed by atoms with E-state index in [9.17, 15) is 0 Å². The molecule has 0 spiro atoms. The average Bonchev–Trinajstić information content (AvgIpc) is 3.28. The minimum Gasteiger partial charge on any atom is -0.248 e. The van der Waals surface area contributed by atoms with Crippen molar-refractivity contribution < 1.29 is 0 Å². The first-order chi connectivity index (χ1) is 27.7. The van der Waals surface area contributed by atoms with E-state index in [0.29, 0.717) is 0 Å². The van der Waals surface area contributed by atoms with Crippen molar-refractivity contribution in [3.63, 3.8) is 0 Å². The molecule has 0 aliphatic heterocycles. The third-order valence-electron chi connectivity index (χ3n) is 11.2. The van der Waals surface area contributed by atoms with Gasteiger partial charge in [0.1, 0.15) is 0 Å². The lowest BCUT2D eigenvalue weighted by molar-refractivity contribution is 1.38. The van der Waals surface area contributed by atoms with Gasteiger partial charge in [-0.15, -0.1) is 0 Å². The maximum absolute atomic E-state index is 5.49. The summed E-state index contributed by atoms with van der Waals surface area (Å²) in [6.45, 7) is 0. The highest BCUT2D eigenvalue weighted by atomic mass is 14.7. The lowest BCUT2D eigenvalue weighted by Crippen LogP contribution is -1.94. The first kappa shape index (κ1) is 32.0. The van der Waals surface area contributed by atoms with Crippen LogP contribution in [0.5, 0.6) is 0 Å². The molecule has 11 rings (SSSR count). The van der Waals surface area contributed by atoms with Gasteiger partial charge in [0.2, 0.25) is 0 Å². The van der Waals surface area contributed by atoms with Gasteiger partial charge in [0.05, 0.1) is 22.4 Å². The van der Waals surface area contributed by atoms with Crippen molar-refractivity contribution in [1.29, 1.82) is 0 Å². The topological polar surface area (TPSA) is 25.8 Å². The number of hydrogen-bond acceptors (Lipinski definition) is 2. The smallest absolute Gasteiger partial charge is 0.0794 e. The van der Waals surface area contributed by atoms with E-state index in [1.54, 1.807) is 0 Å². The van der Waals surface area contributed by atoms with Crippen molar-refractivity contribution in [3.05, 3.63) is 206 Å². The largest absolute Gasteiger partial charge is 0.248 e. The summed E-state index contributed by atoms with van der Waals surface area (Å²) >= 11 is 0. The average molecular weight is 711 g/mol. The minimum atomic E-state index is 0.937. The summed E-state index contributed by atoms with van der Waals surface area (Å²) in [6, 6.07) is 74.1. The van der Waals surface area contributed by atoms with Crippen LogP contribution in [0.25, 0.3) is 110 Å². The van der Waals surface area contributed by atoms with Crippen LogP contribution in [0, 0.1) is 0 Å². The Hall–Kier alpha value is -7.42.